The van der Waals surface area contributed by atoms with Gasteiger partial charge in [0.15, 0.2) is 0 Å². The van der Waals surface area contributed by atoms with Crippen molar-refractivity contribution in [1.29, 1.82) is 0 Å². The zero-order valence-corrected chi connectivity index (χ0v) is 12.1. The van der Waals surface area contributed by atoms with Crippen molar-refractivity contribution in [2.45, 2.75) is 19.6 Å². The molecule has 19 heavy (non-hydrogen) atoms. The lowest BCUT2D eigenvalue weighted by atomic mass is 10.2. The predicted octanol–water partition coefficient (Wildman–Crippen LogP) is 2.16. The number of aliphatic carboxylic acids is 1. The molecular weight excluding hydrogens is 262 g/mol. The number of hydrogen-bond donors (Lipinski definition) is 1. The van der Waals surface area contributed by atoms with Crippen molar-refractivity contribution in [3.05, 3.63) is 35.4 Å². The maximum atomic E-state index is 11.8. The molecule has 0 saturated heterocycles. The van der Waals surface area contributed by atoms with Gasteiger partial charge >= 0.3 is 5.97 Å². The first-order chi connectivity index (χ1) is 9.02. The summed E-state index contributed by atoms with van der Waals surface area (Å²) in [6.07, 6.45) is 0. The van der Waals surface area contributed by atoms with E-state index in [1.165, 1.54) is 27.8 Å². The summed E-state index contributed by atoms with van der Waals surface area (Å²) in [7, 11) is 0. The van der Waals surface area contributed by atoms with E-state index in [1.54, 1.807) is 6.92 Å². The second kappa shape index (κ2) is 7.84. The van der Waals surface area contributed by atoms with Gasteiger partial charge < -0.3 is 10.0 Å². The van der Waals surface area contributed by atoms with Crippen LogP contribution in [0.2, 0.25) is 0 Å². The molecular formula is C14H19NO3S. The molecule has 0 unspecified atom stereocenters. The fraction of sp³-hybridized carbons (Fsp3) is 0.429. The topological polar surface area (TPSA) is 57.6 Å². The monoisotopic (exact) mass is 281 g/mol. The molecule has 0 aliphatic rings. The van der Waals surface area contributed by atoms with Gasteiger partial charge in [0, 0.05) is 12.3 Å². The second-order valence-electron chi connectivity index (χ2n) is 4.28. The lowest BCUT2D eigenvalue weighted by Gasteiger charge is -2.18. The first-order valence-electron chi connectivity index (χ1n) is 6.15. The summed E-state index contributed by atoms with van der Waals surface area (Å²) in [5, 5.41) is 8.70. The van der Waals surface area contributed by atoms with Crippen LogP contribution in [0.5, 0.6) is 0 Å². The molecule has 104 valence electrons. The highest BCUT2D eigenvalue weighted by atomic mass is 32.2. The number of nitrogens with zero attached hydrogens (tertiary/aromatic N) is 1. The molecule has 0 fully saturated rings. The summed E-state index contributed by atoms with van der Waals surface area (Å²) < 4.78 is 0. The van der Waals surface area contributed by atoms with Gasteiger partial charge in [-0.1, -0.05) is 29.8 Å². The third-order valence-electron chi connectivity index (χ3n) is 2.64. The highest BCUT2D eigenvalue weighted by Crippen LogP contribution is 2.14. The zero-order chi connectivity index (χ0) is 14.3. The van der Waals surface area contributed by atoms with Crippen molar-refractivity contribution in [3.63, 3.8) is 0 Å². The maximum absolute atomic E-state index is 11.8. The van der Waals surface area contributed by atoms with E-state index in [0.29, 0.717) is 12.3 Å². The molecule has 0 heterocycles. The van der Waals surface area contributed by atoms with Crippen LogP contribution in [0.3, 0.4) is 0 Å². The summed E-state index contributed by atoms with van der Waals surface area (Å²) in [5.41, 5.74) is 2.38. The lowest BCUT2D eigenvalue weighted by Crippen LogP contribution is -2.36. The van der Waals surface area contributed by atoms with Crippen LogP contribution in [0.25, 0.3) is 0 Å². The Hall–Kier alpha value is -1.49. The van der Waals surface area contributed by atoms with Crippen molar-refractivity contribution in [1.82, 2.24) is 4.90 Å². The maximum Gasteiger partial charge on any atom is 0.323 e. The molecule has 0 bridgehead atoms. The first-order valence-corrected chi connectivity index (χ1v) is 7.31. The Labute approximate surface area is 117 Å². The molecule has 0 atom stereocenters. The Bertz CT molecular complexity index is 448. The van der Waals surface area contributed by atoms with Gasteiger partial charge in [0.1, 0.15) is 6.54 Å². The fourth-order valence-corrected chi connectivity index (χ4v) is 2.56. The number of likely N-dealkylation sites (N-methyl/N-ethyl adjacent to an activating group) is 1. The molecule has 0 aromatic heterocycles. The number of carbonyl (C=O) groups excluding carboxylic acids is 1. The molecule has 0 saturated carbocycles. The number of benzene rings is 1. The molecule has 1 aromatic rings. The van der Waals surface area contributed by atoms with Crippen LogP contribution < -0.4 is 0 Å². The number of amides is 1. The molecule has 5 heteroatoms. The van der Waals surface area contributed by atoms with E-state index in [9.17, 15) is 9.59 Å². The Morgan fingerprint density at radius 2 is 2.11 bits per heavy atom. The Morgan fingerprint density at radius 1 is 1.37 bits per heavy atom. The number of carboxylic acids is 1. The van der Waals surface area contributed by atoms with Gasteiger partial charge in [-0.05, 0) is 19.4 Å². The van der Waals surface area contributed by atoms with E-state index in [4.69, 9.17) is 5.11 Å². The summed E-state index contributed by atoms with van der Waals surface area (Å²) in [4.78, 5) is 23.8. The number of aryl methyl sites for hydroxylation is 1. The third-order valence-corrected chi connectivity index (χ3v) is 3.63. The zero-order valence-electron chi connectivity index (χ0n) is 11.3. The van der Waals surface area contributed by atoms with Gasteiger partial charge in [0.05, 0.1) is 5.75 Å². The van der Waals surface area contributed by atoms with Crippen LogP contribution >= 0.6 is 11.8 Å². The van der Waals surface area contributed by atoms with Crippen LogP contribution in [0, 0.1) is 6.92 Å². The molecule has 0 aliphatic carbocycles. The normalized spacial score (nSPS) is 10.2. The third kappa shape index (κ3) is 5.79. The quantitative estimate of drug-likeness (QED) is 0.832. The first kappa shape index (κ1) is 15.6. The SMILES string of the molecule is CCN(CC(=O)O)C(=O)CSCc1cccc(C)c1. The minimum Gasteiger partial charge on any atom is -0.480 e. The molecule has 1 amide bonds. The van der Waals surface area contributed by atoms with Crippen LogP contribution in [0.15, 0.2) is 24.3 Å². The van der Waals surface area contributed by atoms with Gasteiger partial charge in [-0.2, -0.15) is 0 Å². The summed E-state index contributed by atoms with van der Waals surface area (Å²) in [5.74, 6) is -0.0194. The van der Waals surface area contributed by atoms with Gasteiger partial charge in [0.2, 0.25) is 5.91 Å². The van der Waals surface area contributed by atoms with E-state index in [2.05, 4.69) is 6.07 Å². The van der Waals surface area contributed by atoms with Crippen molar-refractivity contribution in [3.8, 4) is 0 Å². The van der Waals surface area contributed by atoms with Gasteiger partial charge in [0.25, 0.3) is 0 Å². The molecule has 1 N–H and O–H groups in total. The number of rotatable bonds is 7. The molecule has 1 rings (SSSR count). The second-order valence-corrected chi connectivity index (χ2v) is 5.27. The van der Waals surface area contributed by atoms with Crippen molar-refractivity contribution in [2.24, 2.45) is 0 Å². The van der Waals surface area contributed by atoms with Crippen LogP contribution in [-0.2, 0) is 15.3 Å². The van der Waals surface area contributed by atoms with E-state index in [0.717, 1.165) is 5.75 Å². The van der Waals surface area contributed by atoms with Crippen LogP contribution in [0.1, 0.15) is 18.1 Å². The van der Waals surface area contributed by atoms with Crippen LogP contribution in [-0.4, -0.2) is 40.7 Å². The molecule has 0 radical (unpaired) electrons. The summed E-state index contributed by atoms with van der Waals surface area (Å²) >= 11 is 1.51. The largest absolute Gasteiger partial charge is 0.480 e. The molecule has 4 nitrogen and oxygen atoms in total. The van der Waals surface area contributed by atoms with Gasteiger partial charge in [-0.25, -0.2) is 0 Å². The molecule has 0 aliphatic heterocycles. The fourth-order valence-electron chi connectivity index (χ4n) is 1.69. The Kier molecular flexibility index (Phi) is 6.42. The predicted molar refractivity (Wildman–Crippen MR) is 77.2 cm³/mol. The molecule has 1 aromatic carbocycles. The minimum atomic E-state index is -0.973. The molecule has 0 spiro atoms. The van der Waals surface area contributed by atoms with Crippen molar-refractivity contribution < 1.29 is 14.7 Å². The highest BCUT2D eigenvalue weighted by molar-refractivity contribution is 7.99. The minimum absolute atomic E-state index is 0.123. The summed E-state index contributed by atoms with van der Waals surface area (Å²) in [6.45, 7) is 4.02. The lowest BCUT2D eigenvalue weighted by molar-refractivity contribution is -0.143. The summed E-state index contributed by atoms with van der Waals surface area (Å²) in [6, 6.07) is 8.15. The van der Waals surface area contributed by atoms with E-state index >= 15 is 0 Å². The van der Waals surface area contributed by atoms with E-state index in [-0.39, 0.29) is 12.5 Å². The van der Waals surface area contributed by atoms with Gasteiger partial charge in [-0.3, -0.25) is 9.59 Å². The van der Waals surface area contributed by atoms with E-state index < -0.39 is 5.97 Å². The number of carbonyl (C=O) groups is 2. The highest BCUT2D eigenvalue weighted by Gasteiger charge is 2.14. The standard InChI is InChI=1S/C14H19NO3S/c1-3-15(8-14(17)18)13(16)10-19-9-12-6-4-5-11(2)7-12/h4-7H,3,8-10H2,1-2H3,(H,17,18). The Balaban J connectivity index is 2.39. The van der Waals surface area contributed by atoms with E-state index in [1.807, 2.05) is 25.1 Å². The average Bonchev–Trinajstić information content (AvgIpc) is 2.35. The van der Waals surface area contributed by atoms with Crippen molar-refractivity contribution in [2.75, 3.05) is 18.8 Å². The smallest absolute Gasteiger partial charge is 0.323 e. The van der Waals surface area contributed by atoms with Gasteiger partial charge in [-0.15, -0.1) is 11.8 Å². The van der Waals surface area contributed by atoms with Crippen molar-refractivity contribution >= 4 is 23.6 Å². The average molecular weight is 281 g/mol. The van der Waals surface area contributed by atoms with Crippen LogP contribution in [0.4, 0.5) is 0 Å². The Morgan fingerprint density at radius 3 is 2.68 bits per heavy atom. The number of carboxylic acid groups (broad SMARTS) is 1. The number of thioether (sulfide) groups is 1. The number of hydrogen-bond acceptors (Lipinski definition) is 3.